The highest BCUT2D eigenvalue weighted by atomic mass is 16.5. The first kappa shape index (κ1) is 17.5. The van der Waals surface area contributed by atoms with E-state index in [2.05, 4.69) is 10.6 Å². The molecule has 1 aromatic carbocycles. The molecule has 0 unspecified atom stereocenters. The Bertz CT molecular complexity index is 404. The van der Waals surface area contributed by atoms with E-state index in [0.717, 1.165) is 12.3 Å². The molecular formula is C16H26N2O3. The van der Waals surface area contributed by atoms with Gasteiger partial charge in [-0.25, -0.2) is 0 Å². The Morgan fingerprint density at radius 3 is 2.52 bits per heavy atom. The average Bonchev–Trinajstić information content (AvgIpc) is 2.45. The van der Waals surface area contributed by atoms with E-state index in [1.165, 1.54) is 5.56 Å². The van der Waals surface area contributed by atoms with E-state index in [-0.39, 0.29) is 12.0 Å². The lowest BCUT2D eigenvalue weighted by atomic mass is 10.2. The number of carbonyl (C=O) groups excluding carboxylic acids is 1. The normalized spacial score (nSPS) is 10.7. The molecule has 0 bridgehead atoms. The van der Waals surface area contributed by atoms with Gasteiger partial charge in [-0.15, -0.1) is 0 Å². The molecule has 21 heavy (non-hydrogen) atoms. The van der Waals surface area contributed by atoms with Crippen LogP contribution in [-0.4, -0.2) is 38.8 Å². The summed E-state index contributed by atoms with van der Waals surface area (Å²) < 4.78 is 10.5. The summed E-state index contributed by atoms with van der Waals surface area (Å²) >= 11 is 0. The standard InChI is InChI=1S/C16H26N2O3/c1-13(2)21-15-6-4-14(5-7-15)12-17-9-8-16(19)18-10-11-20-3/h4-7,13,17H,8-12H2,1-3H3,(H,18,19). The molecule has 0 aliphatic heterocycles. The van der Waals surface area contributed by atoms with Crippen LogP contribution in [-0.2, 0) is 16.1 Å². The van der Waals surface area contributed by atoms with E-state index >= 15 is 0 Å². The zero-order valence-corrected chi connectivity index (χ0v) is 13.1. The molecule has 1 rings (SSSR count). The maximum atomic E-state index is 11.5. The van der Waals surface area contributed by atoms with Gasteiger partial charge in [-0.3, -0.25) is 4.79 Å². The second-order valence-electron chi connectivity index (χ2n) is 5.08. The Hall–Kier alpha value is -1.59. The molecule has 0 saturated heterocycles. The van der Waals surface area contributed by atoms with Gasteiger partial charge in [0.25, 0.3) is 0 Å². The molecule has 0 heterocycles. The van der Waals surface area contributed by atoms with Crippen molar-refractivity contribution in [3.63, 3.8) is 0 Å². The van der Waals surface area contributed by atoms with Crippen LogP contribution in [0.4, 0.5) is 0 Å². The quantitative estimate of drug-likeness (QED) is 0.645. The number of amides is 1. The Morgan fingerprint density at radius 1 is 1.19 bits per heavy atom. The van der Waals surface area contributed by atoms with Gasteiger partial charge in [-0.1, -0.05) is 12.1 Å². The van der Waals surface area contributed by atoms with E-state index < -0.39 is 0 Å². The molecule has 0 saturated carbocycles. The number of hydrogen-bond donors (Lipinski definition) is 2. The Labute approximate surface area is 127 Å². The third-order valence-electron chi connectivity index (χ3n) is 2.78. The predicted molar refractivity (Wildman–Crippen MR) is 83.4 cm³/mol. The Kier molecular flexibility index (Phi) is 8.47. The second kappa shape index (κ2) is 10.2. The first-order valence-corrected chi connectivity index (χ1v) is 7.33. The van der Waals surface area contributed by atoms with E-state index in [4.69, 9.17) is 9.47 Å². The van der Waals surface area contributed by atoms with Crippen LogP contribution in [0.5, 0.6) is 5.75 Å². The van der Waals surface area contributed by atoms with Gasteiger partial charge < -0.3 is 20.1 Å². The lowest BCUT2D eigenvalue weighted by Crippen LogP contribution is -2.29. The zero-order valence-electron chi connectivity index (χ0n) is 13.1. The van der Waals surface area contributed by atoms with Crippen molar-refractivity contribution in [2.24, 2.45) is 0 Å². The van der Waals surface area contributed by atoms with E-state index in [0.29, 0.717) is 26.1 Å². The van der Waals surface area contributed by atoms with Gasteiger partial charge in [0.2, 0.25) is 5.91 Å². The summed E-state index contributed by atoms with van der Waals surface area (Å²) in [7, 11) is 1.62. The highest BCUT2D eigenvalue weighted by Crippen LogP contribution is 2.13. The fourth-order valence-corrected chi connectivity index (χ4v) is 1.77. The van der Waals surface area contributed by atoms with Crippen molar-refractivity contribution in [1.82, 2.24) is 10.6 Å². The molecule has 118 valence electrons. The topological polar surface area (TPSA) is 59.6 Å². The van der Waals surface area contributed by atoms with Crippen molar-refractivity contribution >= 4 is 5.91 Å². The summed E-state index contributed by atoms with van der Waals surface area (Å²) in [5, 5.41) is 6.04. The number of nitrogens with one attached hydrogen (secondary N) is 2. The van der Waals surface area contributed by atoms with Gasteiger partial charge in [-0.2, -0.15) is 0 Å². The molecule has 0 aliphatic rings. The molecule has 0 aromatic heterocycles. The minimum absolute atomic E-state index is 0.0419. The molecule has 1 aromatic rings. The van der Waals surface area contributed by atoms with Gasteiger partial charge in [0, 0.05) is 33.2 Å². The van der Waals surface area contributed by atoms with Gasteiger partial charge in [0.1, 0.15) is 5.75 Å². The number of methoxy groups -OCH3 is 1. The van der Waals surface area contributed by atoms with Crippen LogP contribution in [0.15, 0.2) is 24.3 Å². The van der Waals surface area contributed by atoms with Gasteiger partial charge in [-0.05, 0) is 31.5 Å². The van der Waals surface area contributed by atoms with E-state index in [1.807, 2.05) is 38.1 Å². The van der Waals surface area contributed by atoms with Crippen molar-refractivity contribution in [2.45, 2.75) is 32.9 Å². The van der Waals surface area contributed by atoms with Crippen LogP contribution >= 0.6 is 0 Å². The third-order valence-corrected chi connectivity index (χ3v) is 2.78. The van der Waals surface area contributed by atoms with Crippen LogP contribution in [0.25, 0.3) is 0 Å². The molecule has 2 N–H and O–H groups in total. The molecule has 5 nitrogen and oxygen atoms in total. The van der Waals surface area contributed by atoms with Crippen molar-refractivity contribution in [2.75, 3.05) is 26.8 Å². The number of rotatable bonds is 10. The smallest absolute Gasteiger partial charge is 0.221 e. The van der Waals surface area contributed by atoms with Crippen LogP contribution in [0, 0.1) is 0 Å². The fraction of sp³-hybridized carbons (Fsp3) is 0.562. The summed E-state index contributed by atoms with van der Waals surface area (Å²) in [4.78, 5) is 11.5. The summed E-state index contributed by atoms with van der Waals surface area (Å²) in [5.74, 6) is 0.923. The highest BCUT2D eigenvalue weighted by Gasteiger charge is 2.01. The minimum Gasteiger partial charge on any atom is -0.491 e. The molecular weight excluding hydrogens is 268 g/mol. The van der Waals surface area contributed by atoms with Crippen LogP contribution in [0.3, 0.4) is 0 Å². The first-order chi connectivity index (χ1) is 10.1. The molecule has 0 atom stereocenters. The lowest BCUT2D eigenvalue weighted by molar-refractivity contribution is -0.121. The highest BCUT2D eigenvalue weighted by molar-refractivity contribution is 5.76. The number of carbonyl (C=O) groups is 1. The molecule has 0 radical (unpaired) electrons. The average molecular weight is 294 g/mol. The molecule has 1 amide bonds. The first-order valence-electron chi connectivity index (χ1n) is 7.33. The van der Waals surface area contributed by atoms with Gasteiger partial charge in [0.15, 0.2) is 0 Å². The summed E-state index contributed by atoms with van der Waals surface area (Å²) in [6.45, 7) is 6.52. The minimum atomic E-state index is 0.0419. The van der Waals surface area contributed by atoms with Gasteiger partial charge >= 0.3 is 0 Å². The zero-order chi connectivity index (χ0) is 15.5. The Balaban J connectivity index is 2.16. The molecule has 5 heteroatoms. The van der Waals surface area contributed by atoms with Crippen molar-refractivity contribution in [3.8, 4) is 5.75 Å². The maximum Gasteiger partial charge on any atom is 0.221 e. The van der Waals surface area contributed by atoms with E-state index in [9.17, 15) is 4.79 Å². The predicted octanol–water partition coefficient (Wildman–Crippen LogP) is 1.72. The number of benzene rings is 1. The fourth-order valence-electron chi connectivity index (χ4n) is 1.77. The second-order valence-corrected chi connectivity index (χ2v) is 5.08. The largest absolute Gasteiger partial charge is 0.491 e. The summed E-state index contributed by atoms with van der Waals surface area (Å²) in [5.41, 5.74) is 1.17. The summed E-state index contributed by atoms with van der Waals surface area (Å²) in [6, 6.07) is 8.00. The number of hydrogen-bond acceptors (Lipinski definition) is 4. The van der Waals surface area contributed by atoms with E-state index in [1.54, 1.807) is 7.11 Å². The summed E-state index contributed by atoms with van der Waals surface area (Å²) in [6.07, 6.45) is 0.656. The number of ether oxygens (including phenoxy) is 2. The molecule has 0 spiro atoms. The Morgan fingerprint density at radius 2 is 1.90 bits per heavy atom. The van der Waals surface area contributed by atoms with Crippen molar-refractivity contribution in [1.29, 1.82) is 0 Å². The lowest BCUT2D eigenvalue weighted by Gasteiger charge is -2.10. The van der Waals surface area contributed by atoms with Crippen molar-refractivity contribution < 1.29 is 14.3 Å². The SMILES string of the molecule is COCCNC(=O)CCNCc1ccc(OC(C)C)cc1. The van der Waals surface area contributed by atoms with Crippen molar-refractivity contribution in [3.05, 3.63) is 29.8 Å². The van der Waals surface area contributed by atoms with Gasteiger partial charge in [0.05, 0.1) is 12.7 Å². The monoisotopic (exact) mass is 294 g/mol. The third kappa shape index (κ3) is 8.32. The van der Waals surface area contributed by atoms with Crippen LogP contribution < -0.4 is 15.4 Å². The van der Waals surface area contributed by atoms with Crippen LogP contribution in [0.1, 0.15) is 25.8 Å². The van der Waals surface area contributed by atoms with Crippen LogP contribution in [0.2, 0.25) is 0 Å². The maximum absolute atomic E-state index is 11.5. The molecule has 0 fully saturated rings. The molecule has 0 aliphatic carbocycles.